The number of carbonyl (C=O) groups is 1. The van der Waals surface area contributed by atoms with Crippen molar-refractivity contribution in [1.29, 1.82) is 0 Å². The highest BCUT2D eigenvalue weighted by Gasteiger charge is 2.14. The Labute approximate surface area is 143 Å². The Morgan fingerprint density at radius 2 is 1.67 bits per heavy atom. The van der Waals surface area contributed by atoms with E-state index < -0.39 is 5.60 Å². The lowest BCUT2D eigenvalue weighted by Gasteiger charge is -2.17. The number of phenolic OH excluding ortho intramolecular Hbond substituents is 1. The molecule has 1 amide bonds. The lowest BCUT2D eigenvalue weighted by atomic mass is 9.98. The summed E-state index contributed by atoms with van der Waals surface area (Å²) in [4.78, 5) is 12.3. The van der Waals surface area contributed by atoms with Gasteiger partial charge in [-0.05, 0) is 69.0 Å². The Morgan fingerprint density at radius 1 is 1.08 bits per heavy atom. The number of nitrogens with one attached hydrogen (secondary N) is 1. The normalized spacial score (nSPS) is 12.7. The van der Waals surface area contributed by atoms with Gasteiger partial charge in [0.1, 0.15) is 5.75 Å². The number of aliphatic hydroxyl groups is 1. The van der Waals surface area contributed by atoms with E-state index in [1.165, 1.54) is 0 Å². The summed E-state index contributed by atoms with van der Waals surface area (Å²) in [6.45, 7) is 5.49. The molecule has 2 rings (SSSR count). The molecule has 1 atom stereocenters. The topological polar surface area (TPSA) is 69.6 Å². The number of aromatic hydroxyl groups is 1. The van der Waals surface area contributed by atoms with Crippen LogP contribution in [0.3, 0.4) is 0 Å². The van der Waals surface area contributed by atoms with Crippen LogP contribution in [0.4, 0.5) is 0 Å². The zero-order chi connectivity index (χ0) is 17.7. The van der Waals surface area contributed by atoms with Gasteiger partial charge in [-0.1, -0.05) is 24.3 Å². The van der Waals surface area contributed by atoms with Crippen LogP contribution in [0.2, 0.25) is 0 Å². The molecule has 0 saturated carbocycles. The number of carbonyl (C=O) groups excluding carboxylic acids is 1. The van der Waals surface area contributed by atoms with Crippen molar-refractivity contribution >= 4 is 5.91 Å². The quantitative estimate of drug-likeness (QED) is 0.759. The van der Waals surface area contributed by atoms with Gasteiger partial charge in [0.05, 0.1) is 11.6 Å². The fraction of sp³-hybridized carbons (Fsp3) is 0.350. The summed E-state index contributed by atoms with van der Waals surface area (Å²) in [5, 5.41) is 22.0. The predicted octanol–water partition coefficient (Wildman–Crippen LogP) is 3.59. The molecule has 0 radical (unpaired) electrons. The van der Waals surface area contributed by atoms with Crippen LogP contribution in [0.25, 0.3) is 0 Å². The van der Waals surface area contributed by atoms with Crippen LogP contribution >= 0.6 is 0 Å². The van der Waals surface area contributed by atoms with Gasteiger partial charge in [0, 0.05) is 5.56 Å². The molecule has 2 aromatic rings. The highest BCUT2D eigenvalue weighted by atomic mass is 16.3. The zero-order valence-corrected chi connectivity index (χ0v) is 14.4. The number of hydrogen-bond donors (Lipinski definition) is 3. The predicted molar refractivity (Wildman–Crippen MR) is 95.0 cm³/mol. The maximum Gasteiger partial charge on any atom is 0.251 e. The monoisotopic (exact) mass is 327 g/mol. The Hall–Kier alpha value is -2.33. The molecule has 0 heterocycles. The molecule has 128 valence electrons. The molecule has 2 aromatic carbocycles. The number of amides is 1. The van der Waals surface area contributed by atoms with Gasteiger partial charge in [-0.2, -0.15) is 0 Å². The molecule has 4 nitrogen and oxygen atoms in total. The van der Waals surface area contributed by atoms with Crippen molar-refractivity contribution in [3.05, 3.63) is 65.2 Å². The van der Waals surface area contributed by atoms with Gasteiger partial charge in [-0.3, -0.25) is 4.79 Å². The van der Waals surface area contributed by atoms with Crippen LogP contribution in [-0.4, -0.2) is 21.7 Å². The van der Waals surface area contributed by atoms with Crippen molar-refractivity contribution in [2.45, 2.75) is 45.3 Å². The second-order valence-corrected chi connectivity index (χ2v) is 6.80. The Balaban J connectivity index is 1.96. The first-order valence-electron chi connectivity index (χ1n) is 8.16. The van der Waals surface area contributed by atoms with Gasteiger partial charge in [-0.25, -0.2) is 0 Å². The molecular weight excluding hydrogens is 302 g/mol. The fourth-order valence-electron chi connectivity index (χ4n) is 2.40. The van der Waals surface area contributed by atoms with Crippen LogP contribution in [-0.2, 0) is 6.42 Å². The minimum Gasteiger partial charge on any atom is -0.508 e. The third kappa shape index (κ3) is 5.39. The summed E-state index contributed by atoms with van der Waals surface area (Å²) in [5.74, 6) is 0.0727. The van der Waals surface area contributed by atoms with Gasteiger partial charge in [0.15, 0.2) is 0 Å². The molecule has 0 aliphatic carbocycles. The lowest BCUT2D eigenvalue weighted by Crippen LogP contribution is -2.26. The Morgan fingerprint density at radius 3 is 2.21 bits per heavy atom. The third-order valence-corrected chi connectivity index (χ3v) is 3.98. The summed E-state index contributed by atoms with van der Waals surface area (Å²) in [7, 11) is 0. The van der Waals surface area contributed by atoms with Crippen molar-refractivity contribution in [2.75, 3.05) is 0 Å². The highest BCUT2D eigenvalue weighted by Crippen LogP contribution is 2.18. The standard InChI is InChI=1S/C20H25NO3/c1-14(16-8-10-18(22)11-9-16)21-19(23)17-6-4-15(5-7-17)12-13-20(2,3)24/h4-11,14,22,24H,12-13H2,1-3H3,(H,21,23)/t14-/m1/s1. The second kappa shape index (κ2) is 7.49. The van der Waals surface area contributed by atoms with E-state index in [9.17, 15) is 15.0 Å². The molecule has 0 spiro atoms. The number of hydrogen-bond acceptors (Lipinski definition) is 3. The smallest absolute Gasteiger partial charge is 0.251 e. The fourth-order valence-corrected chi connectivity index (χ4v) is 2.40. The van der Waals surface area contributed by atoms with E-state index in [1.54, 1.807) is 50.2 Å². The number of phenols is 1. The van der Waals surface area contributed by atoms with Crippen molar-refractivity contribution in [1.82, 2.24) is 5.32 Å². The number of aryl methyl sites for hydroxylation is 1. The largest absolute Gasteiger partial charge is 0.508 e. The van der Waals surface area contributed by atoms with Gasteiger partial charge < -0.3 is 15.5 Å². The summed E-state index contributed by atoms with van der Waals surface area (Å²) >= 11 is 0. The molecule has 0 aliphatic heterocycles. The van der Waals surface area contributed by atoms with Crippen molar-refractivity contribution in [2.24, 2.45) is 0 Å². The first-order valence-corrected chi connectivity index (χ1v) is 8.16. The molecule has 0 bridgehead atoms. The number of rotatable bonds is 6. The lowest BCUT2D eigenvalue weighted by molar-refractivity contribution is 0.0713. The second-order valence-electron chi connectivity index (χ2n) is 6.80. The zero-order valence-electron chi connectivity index (χ0n) is 14.4. The van der Waals surface area contributed by atoms with Crippen molar-refractivity contribution in [3.8, 4) is 5.75 Å². The van der Waals surface area contributed by atoms with Crippen molar-refractivity contribution < 1.29 is 15.0 Å². The summed E-state index contributed by atoms with van der Waals surface area (Å²) in [6, 6.07) is 14.1. The molecule has 0 aromatic heterocycles. The average Bonchev–Trinajstić information content (AvgIpc) is 2.53. The van der Waals surface area contributed by atoms with Gasteiger partial charge in [0.25, 0.3) is 5.91 Å². The first kappa shape index (κ1) is 18.0. The van der Waals surface area contributed by atoms with Crippen LogP contribution in [0.15, 0.2) is 48.5 Å². The third-order valence-electron chi connectivity index (χ3n) is 3.98. The van der Waals surface area contributed by atoms with Gasteiger partial charge >= 0.3 is 0 Å². The average molecular weight is 327 g/mol. The molecule has 0 saturated heterocycles. The highest BCUT2D eigenvalue weighted by molar-refractivity contribution is 5.94. The molecular formula is C20H25NO3. The minimum atomic E-state index is -0.685. The summed E-state index contributed by atoms with van der Waals surface area (Å²) < 4.78 is 0. The van der Waals surface area contributed by atoms with Crippen LogP contribution in [0.1, 0.15) is 54.7 Å². The first-order chi connectivity index (χ1) is 11.2. The van der Waals surface area contributed by atoms with Crippen LogP contribution < -0.4 is 5.32 Å². The maximum absolute atomic E-state index is 12.3. The van der Waals surface area contributed by atoms with E-state index in [0.29, 0.717) is 12.0 Å². The minimum absolute atomic E-state index is 0.135. The Bertz CT molecular complexity index is 670. The molecule has 0 unspecified atom stereocenters. The van der Waals surface area contributed by atoms with E-state index in [4.69, 9.17) is 0 Å². The SMILES string of the molecule is C[C@@H](NC(=O)c1ccc(CCC(C)(C)O)cc1)c1ccc(O)cc1. The van der Waals surface area contributed by atoms with Gasteiger partial charge in [-0.15, -0.1) is 0 Å². The van der Waals surface area contributed by atoms with E-state index in [-0.39, 0.29) is 17.7 Å². The van der Waals surface area contributed by atoms with Crippen LogP contribution in [0.5, 0.6) is 5.75 Å². The Kier molecular flexibility index (Phi) is 5.62. The molecule has 4 heteroatoms. The molecule has 0 fully saturated rings. The van der Waals surface area contributed by atoms with Crippen molar-refractivity contribution in [3.63, 3.8) is 0 Å². The summed E-state index contributed by atoms with van der Waals surface area (Å²) in [5.41, 5.74) is 1.95. The van der Waals surface area contributed by atoms with E-state index >= 15 is 0 Å². The summed E-state index contributed by atoms with van der Waals surface area (Å²) in [6.07, 6.45) is 1.45. The van der Waals surface area contributed by atoms with E-state index in [1.807, 2.05) is 19.1 Å². The number of benzene rings is 2. The molecule has 24 heavy (non-hydrogen) atoms. The van der Waals surface area contributed by atoms with Crippen LogP contribution in [0, 0.1) is 0 Å². The molecule has 3 N–H and O–H groups in total. The maximum atomic E-state index is 12.3. The van der Waals surface area contributed by atoms with Gasteiger partial charge in [0.2, 0.25) is 0 Å². The van der Waals surface area contributed by atoms with E-state index in [2.05, 4.69) is 5.32 Å². The van der Waals surface area contributed by atoms with E-state index in [0.717, 1.165) is 17.5 Å². The molecule has 0 aliphatic rings.